The first-order valence-corrected chi connectivity index (χ1v) is 5.82. The molecule has 2 N–H and O–H groups in total. The molecule has 6 nitrogen and oxygen atoms in total. The van der Waals surface area contributed by atoms with E-state index in [1.165, 1.54) is 0 Å². The Bertz CT molecular complexity index is 381. The number of hydrogen-bond donors (Lipinski definition) is 2. The monoisotopic (exact) mass is 255 g/mol. The second-order valence-electron chi connectivity index (χ2n) is 5.60. The zero-order chi connectivity index (χ0) is 13.9. The fourth-order valence-electron chi connectivity index (χ4n) is 1.53. The van der Waals surface area contributed by atoms with Crippen molar-refractivity contribution in [3.8, 4) is 0 Å². The first kappa shape index (κ1) is 14.5. The van der Waals surface area contributed by atoms with Crippen LogP contribution in [0.5, 0.6) is 0 Å². The summed E-state index contributed by atoms with van der Waals surface area (Å²) in [6, 6.07) is -0.327. The van der Waals surface area contributed by atoms with Crippen LogP contribution in [0.15, 0.2) is 11.3 Å². The highest BCUT2D eigenvalue weighted by Crippen LogP contribution is 2.14. The quantitative estimate of drug-likeness (QED) is 0.719. The van der Waals surface area contributed by atoms with E-state index in [2.05, 4.69) is 10.6 Å². The average Bonchev–Trinajstić information content (AvgIpc) is 2.46. The number of rotatable bonds is 3. The maximum atomic E-state index is 11.7. The minimum absolute atomic E-state index is 0.125. The van der Waals surface area contributed by atoms with Crippen LogP contribution in [0.25, 0.3) is 0 Å². The van der Waals surface area contributed by atoms with Gasteiger partial charge in [0.15, 0.2) is 0 Å². The van der Waals surface area contributed by atoms with Crippen LogP contribution < -0.4 is 10.6 Å². The molecule has 1 heterocycles. The van der Waals surface area contributed by atoms with Crippen molar-refractivity contribution < 1.29 is 14.3 Å². The number of carbonyl (C=O) groups is 2. The Balaban J connectivity index is 2.71. The van der Waals surface area contributed by atoms with E-state index < -0.39 is 0 Å². The van der Waals surface area contributed by atoms with Crippen molar-refractivity contribution in [3.63, 3.8) is 0 Å². The molecular weight excluding hydrogens is 234 g/mol. The van der Waals surface area contributed by atoms with Crippen molar-refractivity contribution in [2.45, 2.75) is 26.3 Å². The number of urea groups is 1. The third-order valence-electron chi connectivity index (χ3n) is 2.19. The summed E-state index contributed by atoms with van der Waals surface area (Å²) < 4.78 is 4.93. The number of esters is 1. The van der Waals surface area contributed by atoms with Gasteiger partial charge >= 0.3 is 12.0 Å². The Morgan fingerprint density at radius 1 is 1.39 bits per heavy atom. The van der Waals surface area contributed by atoms with Crippen molar-refractivity contribution in [2.24, 2.45) is 0 Å². The first-order chi connectivity index (χ1) is 8.19. The summed E-state index contributed by atoms with van der Waals surface area (Å²) in [4.78, 5) is 25.1. The Morgan fingerprint density at radius 2 is 2.00 bits per heavy atom. The Labute approximate surface area is 107 Å². The van der Waals surface area contributed by atoms with Gasteiger partial charge in [-0.3, -0.25) is 0 Å². The number of amides is 2. The number of hydrogen-bond acceptors (Lipinski definition) is 4. The van der Waals surface area contributed by atoms with Gasteiger partial charge in [0.05, 0.1) is 11.3 Å². The molecule has 0 aromatic heterocycles. The van der Waals surface area contributed by atoms with E-state index in [0.29, 0.717) is 17.8 Å². The van der Waals surface area contributed by atoms with Crippen molar-refractivity contribution in [1.82, 2.24) is 15.5 Å². The van der Waals surface area contributed by atoms with Gasteiger partial charge in [-0.25, -0.2) is 9.59 Å². The van der Waals surface area contributed by atoms with Gasteiger partial charge in [-0.15, -0.1) is 0 Å². The first-order valence-electron chi connectivity index (χ1n) is 5.82. The summed E-state index contributed by atoms with van der Waals surface area (Å²) >= 11 is 0. The van der Waals surface area contributed by atoms with Gasteiger partial charge < -0.3 is 20.3 Å². The summed E-state index contributed by atoms with van der Waals surface area (Å²) in [6.45, 7) is 6.23. The topological polar surface area (TPSA) is 70.7 Å². The normalized spacial score (nSPS) is 16.0. The van der Waals surface area contributed by atoms with Crippen molar-refractivity contribution in [3.05, 3.63) is 11.3 Å². The van der Waals surface area contributed by atoms with Crippen LogP contribution in [0, 0.1) is 0 Å². The molecule has 102 valence electrons. The van der Waals surface area contributed by atoms with Crippen molar-refractivity contribution in [2.75, 3.05) is 27.2 Å². The zero-order valence-electron chi connectivity index (χ0n) is 11.6. The lowest BCUT2D eigenvalue weighted by molar-refractivity contribution is -0.136. The standard InChI is InChI=1S/C12H21N3O3/c1-12(2,3)14-11(17)13-9-7-18-10(16)8(9)6-15(4)5/h6-7H2,1-5H3,(H2,13,14,17). The molecule has 2 amide bonds. The SMILES string of the molecule is CN(C)CC1=C(NC(=O)NC(C)(C)C)COC1=O. The van der Waals surface area contributed by atoms with E-state index in [1.807, 2.05) is 39.8 Å². The summed E-state index contributed by atoms with van der Waals surface area (Å²) in [5.41, 5.74) is 0.718. The highest BCUT2D eigenvalue weighted by Gasteiger charge is 2.27. The maximum Gasteiger partial charge on any atom is 0.337 e. The third kappa shape index (κ3) is 4.37. The van der Waals surface area contributed by atoms with Crippen LogP contribution in [0.4, 0.5) is 4.79 Å². The lowest BCUT2D eigenvalue weighted by Crippen LogP contribution is -2.46. The summed E-state index contributed by atoms with van der Waals surface area (Å²) in [6.07, 6.45) is 0. The van der Waals surface area contributed by atoms with Crippen LogP contribution in [0.3, 0.4) is 0 Å². The second kappa shape index (κ2) is 5.39. The molecule has 0 saturated heterocycles. The van der Waals surface area contributed by atoms with E-state index in [1.54, 1.807) is 0 Å². The number of likely N-dealkylation sites (N-methyl/N-ethyl adjacent to an activating group) is 1. The molecule has 0 aromatic carbocycles. The highest BCUT2D eigenvalue weighted by molar-refractivity contribution is 5.93. The molecule has 1 rings (SSSR count). The predicted octanol–water partition coefficient (Wildman–Crippen LogP) is 0.457. The molecule has 0 radical (unpaired) electrons. The van der Waals surface area contributed by atoms with E-state index in [9.17, 15) is 9.59 Å². The second-order valence-corrected chi connectivity index (χ2v) is 5.60. The molecule has 0 bridgehead atoms. The molecule has 0 fully saturated rings. The average molecular weight is 255 g/mol. The Hall–Kier alpha value is -1.56. The number of carbonyl (C=O) groups excluding carboxylic acids is 2. The fraction of sp³-hybridized carbons (Fsp3) is 0.667. The van der Waals surface area contributed by atoms with Crippen LogP contribution >= 0.6 is 0 Å². The van der Waals surface area contributed by atoms with Gasteiger partial charge in [0, 0.05) is 12.1 Å². The lowest BCUT2D eigenvalue weighted by Gasteiger charge is -2.21. The van der Waals surface area contributed by atoms with Gasteiger partial charge in [-0.1, -0.05) is 0 Å². The molecule has 1 aliphatic heterocycles. The van der Waals surface area contributed by atoms with Gasteiger partial charge in [0.25, 0.3) is 0 Å². The maximum absolute atomic E-state index is 11.7. The molecule has 18 heavy (non-hydrogen) atoms. The Morgan fingerprint density at radius 3 is 2.50 bits per heavy atom. The zero-order valence-corrected chi connectivity index (χ0v) is 11.6. The molecule has 1 aliphatic rings. The molecule has 0 atom stereocenters. The summed E-state index contributed by atoms with van der Waals surface area (Å²) in [5.74, 6) is -0.366. The van der Waals surface area contributed by atoms with E-state index in [0.717, 1.165) is 0 Å². The van der Waals surface area contributed by atoms with Crippen LogP contribution in [0.2, 0.25) is 0 Å². The summed E-state index contributed by atoms with van der Waals surface area (Å²) in [7, 11) is 3.71. The van der Waals surface area contributed by atoms with Crippen molar-refractivity contribution in [1.29, 1.82) is 0 Å². The fourth-order valence-corrected chi connectivity index (χ4v) is 1.53. The van der Waals surface area contributed by atoms with Crippen LogP contribution in [-0.2, 0) is 9.53 Å². The molecule has 6 heteroatoms. The third-order valence-corrected chi connectivity index (χ3v) is 2.19. The number of cyclic esters (lactones) is 1. The van der Waals surface area contributed by atoms with Gasteiger partial charge in [0.2, 0.25) is 0 Å². The largest absolute Gasteiger partial charge is 0.456 e. The molecule has 0 saturated carbocycles. The summed E-state index contributed by atoms with van der Waals surface area (Å²) in [5, 5.41) is 5.45. The Kier molecular flexibility index (Phi) is 4.34. The number of ether oxygens (including phenoxy) is 1. The van der Waals surface area contributed by atoms with Crippen LogP contribution in [-0.4, -0.2) is 49.7 Å². The van der Waals surface area contributed by atoms with Gasteiger partial charge in [0.1, 0.15) is 6.61 Å². The predicted molar refractivity (Wildman–Crippen MR) is 68.0 cm³/mol. The molecule has 0 unspecified atom stereocenters. The van der Waals surface area contributed by atoms with Crippen molar-refractivity contribution >= 4 is 12.0 Å². The van der Waals surface area contributed by atoms with Gasteiger partial charge in [-0.2, -0.15) is 0 Å². The van der Waals surface area contributed by atoms with E-state index in [-0.39, 0.29) is 24.1 Å². The van der Waals surface area contributed by atoms with E-state index in [4.69, 9.17) is 4.74 Å². The smallest absolute Gasteiger partial charge is 0.337 e. The molecular formula is C12H21N3O3. The molecule has 0 aromatic rings. The van der Waals surface area contributed by atoms with Gasteiger partial charge in [-0.05, 0) is 34.9 Å². The highest BCUT2D eigenvalue weighted by atomic mass is 16.5. The minimum atomic E-state index is -0.366. The van der Waals surface area contributed by atoms with Crippen LogP contribution in [0.1, 0.15) is 20.8 Å². The number of nitrogens with zero attached hydrogens (tertiary/aromatic N) is 1. The molecule has 0 spiro atoms. The molecule has 0 aliphatic carbocycles. The van der Waals surface area contributed by atoms with E-state index >= 15 is 0 Å². The minimum Gasteiger partial charge on any atom is -0.456 e. The lowest BCUT2D eigenvalue weighted by atomic mass is 10.1. The number of nitrogens with one attached hydrogen (secondary N) is 2.